The normalized spacial score (nSPS) is 26.8. The molecule has 106 valence electrons. The smallest absolute Gasteiger partial charge is 0.137 e. The number of hydrogen-bond acceptors (Lipinski definition) is 2. The Morgan fingerprint density at radius 3 is 2.95 bits per heavy atom. The van der Waals surface area contributed by atoms with E-state index in [4.69, 9.17) is 4.74 Å². The standard InChI is InChI=1S/C15H21BrFNO/c1-3-18-10-15(7-8-19-11(15)2)9-12-5-4-6-13(17)14(12)16/h4-6,11,18H,3,7-10H2,1-2H3. The maximum atomic E-state index is 13.6. The number of ether oxygens (including phenoxy) is 1. The lowest BCUT2D eigenvalue weighted by molar-refractivity contribution is 0.0632. The zero-order valence-corrected chi connectivity index (χ0v) is 13.1. The SMILES string of the molecule is CCNCC1(Cc2cccc(F)c2Br)CCOC1C. The summed E-state index contributed by atoms with van der Waals surface area (Å²) in [5.41, 5.74) is 1.09. The third kappa shape index (κ3) is 3.18. The Hall–Kier alpha value is -0.450. The lowest BCUT2D eigenvalue weighted by Gasteiger charge is -2.33. The van der Waals surface area contributed by atoms with E-state index in [0.29, 0.717) is 4.47 Å². The van der Waals surface area contributed by atoms with Crippen LogP contribution in [0.2, 0.25) is 0 Å². The molecule has 1 N–H and O–H groups in total. The average Bonchev–Trinajstić information content (AvgIpc) is 2.75. The monoisotopic (exact) mass is 329 g/mol. The fourth-order valence-corrected chi connectivity index (χ4v) is 3.19. The molecule has 4 heteroatoms. The number of benzene rings is 1. The van der Waals surface area contributed by atoms with Crippen LogP contribution >= 0.6 is 15.9 Å². The maximum absolute atomic E-state index is 13.6. The summed E-state index contributed by atoms with van der Waals surface area (Å²) >= 11 is 3.36. The Kier molecular flexibility index (Phi) is 4.98. The third-order valence-electron chi connectivity index (χ3n) is 4.13. The van der Waals surface area contributed by atoms with E-state index in [1.54, 1.807) is 6.07 Å². The van der Waals surface area contributed by atoms with Gasteiger partial charge in [-0.2, -0.15) is 0 Å². The number of halogens is 2. The molecule has 2 atom stereocenters. The molecule has 1 aliphatic rings. The molecule has 19 heavy (non-hydrogen) atoms. The van der Waals surface area contributed by atoms with Crippen LogP contribution in [0.25, 0.3) is 0 Å². The molecule has 2 rings (SSSR count). The molecule has 1 aromatic carbocycles. The van der Waals surface area contributed by atoms with Gasteiger partial charge in [0.05, 0.1) is 10.6 Å². The van der Waals surface area contributed by atoms with Crippen molar-refractivity contribution in [3.05, 3.63) is 34.1 Å². The van der Waals surface area contributed by atoms with Gasteiger partial charge in [-0.05, 0) is 53.9 Å². The van der Waals surface area contributed by atoms with E-state index in [-0.39, 0.29) is 17.3 Å². The summed E-state index contributed by atoms with van der Waals surface area (Å²) in [6.45, 7) is 6.87. The summed E-state index contributed by atoms with van der Waals surface area (Å²) in [5, 5.41) is 3.43. The second-order valence-electron chi connectivity index (χ2n) is 5.30. The van der Waals surface area contributed by atoms with Gasteiger partial charge in [-0.1, -0.05) is 19.1 Å². The number of rotatable bonds is 5. The zero-order chi connectivity index (χ0) is 13.9. The van der Waals surface area contributed by atoms with E-state index < -0.39 is 0 Å². The molecule has 1 aliphatic heterocycles. The molecule has 0 amide bonds. The highest BCUT2D eigenvalue weighted by Gasteiger charge is 2.41. The van der Waals surface area contributed by atoms with Crippen LogP contribution in [0.5, 0.6) is 0 Å². The fraction of sp³-hybridized carbons (Fsp3) is 0.600. The molecule has 0 saturated carbocycles. The molecule has 0 aliphatic carbocycles. The van der Waals surface area contributed by atoms with Crippen LogP contribution in [-0.2, 0) is 11.2 Å². The Morgan fingerprint density at radius 1 is 1.53 bits per heavy atom. The predicted molar refractivity (Wildman–Crippen MR) is 78.8 cm³/mol. The Labute approximate surface area is 122 Å². The van der Waals surface area contributed by atoms with Crippen molar-refractivity contribution in [3.8, 4) is 0 Å². The Bertz CT molecular complexity index is 440. The second-order valence-corrected chi connectivity index (χ2v) is 6.09. The van der Waals surface area contributed by atoms with Gasteiger partial charge in [-0.15, -0.1) is 0 Å². The van der Waals surface area contributed by atoms with E-state index in [1.807, 2.05) is 6.07 Å². The first-order chi connectivity index (χ1) is 9.09. The molecular weight excluding hydrogens is 309 g/mol. The van der Waals surface area contributed by atoms with Crippen LogP contribution in [0, 0.1) is 11.2 Å². The molecule has 0 aromatic heterocycles. The summed E-state index contributed by atoms with van der Waals surface area (Å²) in [7, 11) is 0. The Morgan fingerprint density at radius 2 is 2.32 bits per heavy atom. The van der Waals surface area contributed by atoms with Crippen LogP contribution < -0.4 is 5.32 Å². The van der Waals surface area contributed by atoms with Gasteiger partial charge in [0.25, 0.3) is 0 Å². The molecule has 1 aromatic rings. The molecule has 0 radical (unpaired) electrons. The quantitative estimate of drug-likeness (QED) is 0.892. The molecule has 0 spiro atoms. The third-order valence-corrected chi connectivity index (χ3v) is 5.02. The van der Waals surface area contributed by atoms with E-state index in [9.17, 15) is 4.39 Å². The molecule has 1 heterocycles. The van der Waals surface area contributed by atoms with Gasteiger partial charge in [0.1, 0.15) is 5.82 Å². The first-order valence-corrected chi connectivity index (χ1v) is 7.63. The van der Waals surface area contributed by atoms with Crippen LogP contribution in [-0.4, -0.2) is 25.8 Å². The van der Waals surface area contributed by atoms with Crippen LogP contribution in [0.4, 0.5) is 4.39 Å². The van der Waals surface area contributed by atoms with Crippen molar-refractivity contribution in [3.63, 3.8) is 0 Å². The molecule has 1 fully saturated rings. The lowest BCUT2D eigenvalue weighted by Crippen LogP contribution is -2.41. The first kappa shape index (κ1) is 14.9. The summed E-state index contributed by atoms with van der Waals surface area (Å²) in [5.74, 6) is -0.192. The summed E-state index contributed by atoms with van der Waals surface area (Å²) < 4.78 is 20.0. The summed E-state index contributed by atoms with van der Waals surface area (Å²) in [4.78, 5) is 0. The van der Waals surface area contributed by atoms with Gasteiger partial charge >= 0.3 is 0 Å². The van der Waals surface area contributed by atoms with Crippen LogP contribution in [0.3, 0.4) is 0 Å². The highest BCUT2D eigenvalue weighted by Crippen LogP contribution is 2.39. The van der Waals surface area contributed by atoms with Gasteiger partial charge in [-0.3, -0.25) is 0 Å². The van der Waals surface area contributed by atoms with Crippen LogP contribution in [0.15, 0.2) is 22.7 Å². The van der Waals surface area contributed by atoms with Crippen molar-refractivity contribution >= 4 is 15.9 Å². The van der Waals surface area contributed by atoms with E-state index in [0.717, 1.165) is 38.1 Å². The topological polar surface area (TPSA) is 21.3 Å². The Balaban J connectivity index is 2.23. The molecule has 2 unspecified atom stereocenters. The minimum atomic E-state index is -0.192. The summed E-state index contributed by atoms with van der Waals surface area (Å²) in [6, 6.07) is 5.25. The van der Waals surface area contributed by atoms with Crippen molar-refractivity contribution in [1.82, 2.24) is 5.32 Å². The van der Waals surface area contributed by atoms with Gasteiger partial charge in [-0.25, -0.2) is 4.39 Å². The number of hydrogen-bond donors (Lipinski definition) is 1. The average molecular weight is 330 g/mol. The minimum absolute atomic E-state index is 0.0618. The number of nitrogens with one attached hydrogen (secondary N) is 1. The van der Waals surface area contributed by atoms with Crippen molar-refractivity contribution in [1.29, 1.82) is 0 Å². The van der Waals surface area contributed by atoms with Crippen LogP contribution in [0.1, 0.15) is 25.8 Å². The molecule has 1 saturated heterocycles. The van der Waals surface area contributed by atoms with Gasteiger partial charge in [0.2, 0.25) is 0 Å². The van der Waals surface area contributed by atoms with Gasteiger partial charge < -0.3 is 10.1 Å². The lowest BCUT2D eigenvalue weighted by atomic mass is 9.76. The first-order valence-electron chi connectivity index (χ1n) is 6.84. The van der Waals surface area contributed by atoms with E-state index in [1.165, 1.54) is 6.07 Å². The van der Waals surface area contributed by atoms with Crippen molar-refractivity contribution in [2.24, 2.45) is 5.41 Å². The van der Waals surface area contributed by atoms with Crippen molar-refractivity contribution in [2.45, 2.75) is 32.8 Å². The van der Waals surface area contributed by atoms with Crippen molar-refractivity contribution in [2.75, 3.05) is 19.7 Å². The highest BCUT2D eigenvalue weighted by molar-refractivity contribution is 9.10. The fourth-order valence-electron chi connectivity index (χ4n) is 2.78. The largest absolute Gasteiger partial charge is 0.378 e. The molecular formula is C15H21BrFNO. The molecule has 0 bridgehead atoms. The van der Waals surface area contributed by atoms with Crippen molar-refractivity contribution < 1.29 is 9.13 Å². The summed E-state index contributed by atoms with van der Waals surface area (Å²) in [6.07, 6.45) is 2.05. The van der Waals surface area contributed by atoms with Gasteiger partial charge in [0, 0.05) is 18.6 Å². The maximum Gasteiger partial charge on any atom is 0.137 e. The van der Waals surface area contributed by atoms with Gasteiger partial charge in [0.15, 0.2) is 0 Å². The second kappa shape index (κ2) is 6.33. The highest BCUT2D eigenvalue weighted by atomic mass is 79.9. The zero-order valence-electron chi connectivity index (χ0n) is 11.5. The predicted octanol–water partition coefficient (Wildman–Crippen LogP) is 3.54. The minimum Gasteiger partial charge on any atom is -0.378 e. The molecule has 2 nitrogen and oxygen atoms in total. The van der Waals surface area contributed by atoms with E-state index in [2.05, 4.69) is 35.1 Å². The van der Waals surface area contributed by atoms with E-state index >= 15 is 0 Å².